The van der Waals surface area contributed by atoms with Crippen molar-refractivity contribution in [3.63, 3.8) is 0 Å². The van der Waals surface area contributed by atoms with Crippen molar-refractivity contribution in [2.45, 2.75) is 19.4 Å². The highest BCUT2D eigenvalue weighted by Crippen LogP contribution is 2.25. The third kappa shape index (κ3) is 5.18. The molecular formula is C19H17FN4O2S. The van der Waals surface area contributed by atoms with Gasteiger partial charge in [-0.1, -0.05) is 53.8 Å². The Morgan fingerprint density at radius 2 is 1.78 bits per heavy atom. The van der Waals surface area contributed by atoms with E-state index in [1.165, 1.54) is 35.6 Å². The number of aromatic nitrogens is 2. The lowest BCUT2D eigenvalue weighted by Crippen LogP contribution is -2.42. The summed E-state index contributed by atoms with van der Waals surface area (Å²) < 4.78 is 12.9. The van der Waals surface area contributed by atoms with Gasteiger partial charge in [-0.25, -0.2) is 4.39 Å². The Balaban J connectivity index is 1.54. The number of nitrogens with zero attached hydrogens (tertiary/aromatic N) is 2. The molecule has 6 nitrogen and oxygen atoms in total. The number of carbonyl (C=O) groups is 2. The minimum atomic E-state index is -0.748. The zero-order chi connectivity index (χ0) is 19.2. The van der Waals surface area contributed by atoms with E-state index in [9.17, 15) is 14.0 Å². The van der Waals surface area contributed by atoms with Crippen LogP contribution in [0.4, 0.5) is 9.52 Å². The van der Waals surface area contributed by atoms with Crippen molar-refractivity contribution in [3.05, 3.63) is 66.0 Å². The molecule has 2 aromatic carbocycles. The van der Waals surface area contributed by atoms with E-state index < -0.39 is 11.9 Å². The smallest absolute Gasteiger partial charge is 0.248 e. The van der Waals surface area contributed by atoms with Gasteiger partial charge < -0.3 is 5.32 Å². The summed E-state index contributed by atoms with van der Waals surface area (Å²) in [6.07, 6.45) is 0.0643. The topological polar surface area (TPSA) is 84.0 Å². The molecule has 138 valence electrons. The Kier molecular flexibility index (Phi) is 5.87. The van der Waals surface area contributed by atoms with Crippen molar-refractivity contribution >= 4 is 28.3 Å². The molecule has 3 rings (SSSR count). The van der Waals surface area contributed by atoms with Crippen LogP contribution in [0, 0.1) is 5.82 Å². The Hall–Kier alpha value is -3.13. The summed E-state index contributed by atoms with van der Waals surface area (Å²) in [4.78, 5) is 24.3. The van der Waals surface area contributed by atoms with Gasteiger partial charge in [-0.3, -0.25) is 14.9 Å². The molecule has 1 aromatic heterocycles. The summed E-state index contributed by atoms with van der Waals surface area (Å²) in [6.45, 7) is 1.58. The van der Waals surface area contributed by atoms with Gasteiger partial charge in [0.2, 0.25) is 16.9 Å². The SMILES string of the molecule is CC(NC(=O)Cc1ccc(F)cc1)C(=O)Nc1nnc(-c2ccccc2)s1. The average molecular weight is 384 g/mol. The molecule has 27 heavy (non-hydrogen) atoms. The molecule has 0 aliphatic rings. The molecule has 8 heteroatoms. The van der Waals surface area contributed by atoms with Gasteiger partial charge in [-0.2, -0.15) is 0 Å². The van der Waals surface area contributed by atoms with E-state index in [2.05, 4.69) is 20.8 Å². The Morgan fingerprint density at radius 3 is 2.48 bits per heavy atom. The van der Waals surface area contributed by atoms with Crippen LogP contribution in [0.2, 0.25) is 0 Å². The van der Waals surface area contributed by atoms with Gasteiger partial charge >= 0.3 is 0 Å². The lowest BCUT2D eigenvalue weighted by Gasteiger charge is -2.12. The highest BCUT2D eigenvalue weighted by atomic mass is 32.1. The minimum absolute atomic E-state index is 0.0643. The van der Waals surface area contributed by atoms with E-state index in [4.69, 9.17) is 0 Å². The van der Waals surface area contributed by atoms with E-state index in [0.29, 0.717) is 15.7 Å². The molecule has 1 atom stereocenters. The van der Waals surface area contributed by atoms with Crippen LogP contribution in [-0.4, -0.2) is 28.1 Å². The molecule has 2 amide bonds. The van der Waals surface area contributed by atoms with Crippen molar-refractivity contribution in [3.8, 4) is 10.6 Å². The zero-order valence-corrected chi connectivity index (χ0v) is 15.3. The number of carbonyl (C=O) groups excluding carboxylic acids is 2. The normalized spacial score (nSPS) is 11.6. The first-order chi connectivity index (χ1) is 13.0. The van der Waals surface area contributed by atoms with Gasteiger partial charge in [-0.05, 0) is 24.6 Å². The molecule has 0 saturated carbocycles. The maximum Gasteiger partial charge on any atom is 0.248 e. The standard InChI is InChI=1S/C19H17FN4O2S/c1-12(21-16(25)11-13-7-9-15(20)10-8-13)17(26)22-19-24-23-18(27-19)14-5-3-2-4-6-14/h2-10,12H,11H2,1H3,(H,21,25)(H,22,24,26). The molecule has 1 heterocycles. The van der Waals surface area contributed by atoms with Crippen LogP contribution in [0.3, 0.4) is 0 Å². The highest BCUT2D eigenvalue weighted by Gasteiger charge is 2.18. The Morgan fingerprint density at radius 1 is 1.07 bits per heavy atom. The maximum absolute atomic E-state index is 12.9. The van der Waals surface area contributed by atoms with Crippen LogP contribution < -0.4 is 10.6 Å². The van der Waals surface area contributed by atoms with Gasteiger partial charge in [0.05, 0.1) is 6.42 Å². The number of halogens is 1. The van der Waals surface area contributed by atoms with Crippen molar-refractivity contribution < 1.29 is 14.0 Å². The fourth-order valence-corrected chi connectivity index (χ4v) is 3.08. The first-order valence-electron chi connectivity index (χ1n) is 8.25. The number of benzene rings is 2. The molecule has 3 aromatic rings. The molecule has 0 radical (unpaired) electrons. The van der Waals surface area contributed by atoms with E-state index >= 15 is 0 Å². The zero-order valence-electron chi connectivity index (χ0n) is 14.5. The second-order valence-corrected chi connectivity index (χ2v) is 6.84. The second kappa shape index (κ2) is 8.50. The van der Waals surface area contributed by atoms with E-state index in [0.717, 1.165) is 5.56 Å². The first kappa shape index (κ1) is 18.7. The van der Waals surface area contributed by atoms with E-state index in [1.807, 2.05) is 30.3 Å². The van der Waals surface area contributed by atoms with Gasteiger partial charge in [0.25, 0.3) is 0 Å². The van der Waals surface area contributed by atoms with Crippen molar-refractivity contribution in [2.24, 2.45) is 0 Å². The second-order valence-electron chi connectivity index (χ2n) is 5.86. The predicted molar refractivity (Wildman–Crippen MR) is 102 cm³/mol. The quantitative estimate of drug-likeness (QED) is 0.684. The highest BCUT2D eigenvalue weighted by molar-refractivity contribution is 7.18. The number of anilines is 1. The number of hydrogen-bond donors (Lipinski definition) is 2. The van der Waals surface area contributed by atoms with Crippen molar-refractivity contribution in [1.29, 1.82) is 0 Å². The van der Waals surface area contributed by atoms with Gasteiger partial charge in [0.1, 0.15) is 16.9 Å². The monoisotopic (exact) mass is 384 g/mol. The molecule has 0 bridgehead atoms. The number of amides is 2. The predicted octanol–water partition coefficient (Wildman–Crippen LogP) is 3.03. The molecule has 0 aliphatic carbocycles. The summed E-state index contributed by atoms with van der Waals surface area (Å²) in [7, 11) is 0. The molecule has 2 N–H and O–H groups in total. The third-order valence-corrected chi connectivity index (χ3v) is 4.61. The van der Waals surface area contributed by atoms with Crippen LogP contribution in [0.5, 0.6) is 0 Å². The summed E-state index contributed by atoms with van der Waals surface area (Å²) in [6, 6.07) is 14.4. The molecule has 0 aliphatic heterocycles. The van der Waals surface area contributed by atoms with Crippen LogP contribution in [-0.2, 0) is 16.0 Å². The van der Waals surface area contributed by atoms with Crippen molar-refractivity contribution in [2.75, 3.05) is 5.32 Å². The summed E-state index contributed by atoms with van der Waals surface area (Å²) in [5.74, 6) is -1.08. The molecular weight excluding hydrogens is 367 g/mol. The van der Waals surface area contributed by atoms with Gasteiger partial charge in [0, 0.05) is 5.56 Å². The van der Waals surface area contributed by atoms with Crippen molar-refractivity contribution in [1.82, 2.24) is 15.5 Å². The van der Waals surface area contributed by atoms with E-state index in [1.54, 1.807) is 6.92 Å². The number of hydrogen-bond acceptors (Lipinski definition) is 5. The number of rotatable bonds is 6. The molecule has 0 fully saturated rings. The van der Waals surface area contributed by atoms with Crippen LogP contribution >= 0.6 is 11.3 Å². The molecule has 0 saturated heterocycles. The minimum Gasteiger partial charge on any atom is -0.344 e. The summed E-state index contributed by atoms with van der Waals surface area (Å²) in [5, 5.41) is 14.3. The van der Waals surface area contributed by atoms with Crippen LogP contribution in [0.15, 0.2) is 54.6 Å². The summed E-state index contributed by atoms with van der Waals surface area (Å²) in [5.41, 5.74) is 1.58. The van der Waals surface area contributed by atoms with Crippen LogP contribution in [0.25, 0.3) is 10.6 Å². The Bertz CT molecular complexity index is 928. The molecule has 1 unspecified atom stereocenters. The van der Waals surface area contributed by atoms with Gasteiger partial charge in [0.15, 0.2) is 0 Å². The fraction of sp³-hybridized carbons (Fsp3) is 0.158. The largest absolute Gasteiger partial charge is 0.344 e. The lowest BCUT2D eigenvalue weighted by molar-refractivity contribution is -0.125. The van der Waals surface area contributed by atoms with Crippen LogP contribution in [0.1, 0.15) is 12.5 Å². The lowest BCUT2D eigenvalue weighted by atomic mass is 10.1. The first-order valence-corrected chi connectivity index (χ1v) is 9.06. The Labute approximate surface area is 159 Å². The molecule has 0 spiro atoms. The maximum atomic E-state index is 12.9. The number of nitrogens with one attached hydrogen (secondary N) is 2. The summed E-state index contributed by atoms with van der Waals surface area (Å²) >= 11 is 1.25. The third-order valence-electron chi connectivity index (χ3n) is 3.72. The fourth-order valence-electron chi connectivity index (χ4n) is 2.33. The van der Waals surface area contributed by atoms with E-state index in [-0.39, 0.29) is 18.1 Å². The van der Waals surface area contributed by atoms with Gasteiger partial charge in [-0.15, -0.1) is 10.2 Å². The average Bonchev–Trinajstić information content (AvgIpc) is 3.12.